The lowest BCUT2D eigenvalue weighted by molar-refractivity contribution is -0.137. The van der Waals surface area contributed by atoms with Crippen LogP contribution in [-0.2, 0) is 6.18 Å². The molecular formula is C22H17F3N2O3. The van der Waals surface area contributed by atoms with Crippen LogP contribution in [0.4, 0.5) is 13.2 Å². The van der Waals surface area contributed by atoms with E-state index in [0.717, 1.165) is 23.4 Å². The van der Waals surface area contributed by atoms with Gasteiger partial charge in [-0.25, -0.2) is 4.98 Å². The van der Waals surface area contributed by atoms with Gasteiger partial charge in [0.25, 0.3) is 5.91 Å². The first-order valence-electron chi connectivity index (χ1n) is 9.24. The van der Waals surface area contributed by atoms with E-state index < -0.39 is 11.7 Å². The van der Waals surface area contributed by atoms with Crippen LogP contribution in [0.15, 0.2) is 66.9 Å². The predicted molar refractivity (Wildman–Crippen MR) is 103 cm³/mol. The summed E-state index contributed by atoms with van der Waals surface area (Å²) in [6.45, 7) is 0.523. The van der Waals surface area contributed by atoms with Crippen LogP contribution in [0.1, 0.15) is 33.9 Å². The highest BCUT2D eigenvalue weighted by atomic mass is 19.4. The summed E-state index contributed by atoms with van der Waals surface area (Å²) >= 11 is 0. The Balaban J connectivity index is 1.41. The number of amides is 1. The zero-order valence-electron chi connectivity index (χ0n) is 15.6. The number of benzene rings is 2. The Morgan fingerprint density at radius 2 is 1.83 bits per heavy atom. The fraction of sp³-hybridized carbons (Fsp3) is 0.182. The van der Waals surface area contributed by atoms with Gasteiger partial charge < -0.3 is 14.8 Å². The van der Waals surface area contributed by atoms with Gasteiger partial charge >= 0.3 is 6.18 Å². The average molecular weight is 414 g/mol. The second-order valence-corrected chi connectivity index (χ2v) is 6.71. The number of ether oxygens (including phenoxy) is 2. The van der Waals surface area contributed by atoms with E-state index in [4.69, 9.17) is 9.47 Å². The number of halogens is 3. The molecule has 0 bridgehead atoms. The first-order valence-corrected chi connectivity index (χ1v) is 9.24. The van der Waals surface area contributed by atoms with Crippen LogP contribution in [0.2, 0.25) is 0 Å². The Morgan fingerprint density at radius 1 is 1.07 bits per heavy atom. The summed E-state index contributed by atoms with van der Waals surface area (Å²) in [6, 6.07) is 15.8. The maximum Gasteiger partial charge on any atom is 0.417 e. The quantitative estimate of drug-likeness (QED) is 0.642. The highest BCUT2D eigenvalue weighted by Crippen LogP contribution is 2.32. The number of rotatable bonds is 4. The van der Waals surface area contributed by atoms with Crippen LogP contribution < -0.4 is 14.8 Å². The number of hydrogen-bond donors (Lipinski definition) is 1. The summed E-state index contributed by atoms with van der Waals surface area (Å²) in [6.07, 6.45) is -3.07. The second-order valence-electron chi connectivity index (χ2n) is 6.71. The molecule has 0 radical (unpaired) electrons. The second kappa shape index (κ2) is 8.06. The predicted octanol–water partition coefficient (Wildman–Crippen LogP) is 5.15. The molecule has 0 aliphatic carbocycles. The summed E-state index contributed by atoms with van der Waals surface area (Å²) in [7, 11) is 0. The van der Waals surface area contributed by atoms with E-state index in [1.54, 1.807) is 24.3 Å². The molecule has 30 heavy (non-hydrogen) atoms. The Hall–Kier alpha value is -3.55. The largest absolute Gasteiger partial charge is 0.493 e. The van der Waals surface area contributed by atoms with Crippen molar-refractivity contribution >= 4 is 5.91 Å². The minimum Gasteiger partial charge on any atom is -0.493 e. The molecule has 0 saturated carbocycles. The summed E-state index contributed by atoms with van der Waals surface area (Å²) in [5, 5.41) is 3.00. The van der Waals surface area contributed by atoms with Crippen molar-refractivity contribution < 1.29 is 27.4 Å². The van der Waals surface area contributed by atoms with E-state index in [1.807, 2.05) is 24.3 Å². The molecule has 4 rings (SSSR count). The minimum absolute atomic E-state index is 0.0269. The molecule has 2 aromatic carbocycles. The van der Waals surface area contributed by atoms with Crippen LogP contribution in [0.25, 0.3) is 0 Å². The van der Waals surface area contributed by atoms with Crippen molar-refractivity contribution in [3.8, 4) is 17.4 Å². The number of fused-ring (bicyclic) bond motifs is 1. The molecule has 1 aromatic heterocycles. The molecule has 1 atom stereocenters. The van der Waals surface area contributed by atoms with E-state index in [9.17, 15) is 18.0 Å². The number of nitrogens with one attached hydrogen (secondary N) is 1. The van der Waals surface area contributed by atoms with Crippen LogP contribution in [0.3, 0.4) is 0 Å². The van der Waals surface area contributed by atoms with Crippen LogP contribution >= 0.6 is 0 Å². The zero-order chi connectivity index (χ0) is 21.1. The number of alkyl halides is 3. The molecule has 154 valence electrons. The molecule has 1 aliphatic heterocycles. The Morgan fingerprint density at radius 3 is 2.53 bits per heavy atom. The van der Waals surface area contributed by atoms with Crippen LogP contribution in [-0.4, -0.2) is 17.5 Å². The molecule has 0 fully saturated rings. The van der Waals surface area contributed by atoms with E-state index in [-0.39, 0.29) is 17.8 Å². The molecule has 2 heterocycles. The lowest BCUT2D eigenvalue weighted by Gasteiger charge is -2.26. The van der Waals surface area contributed by atoms with Gasteiger partial charge in [0.15, 0.2) is 0 Å². The molecular weight excluding hydrogens is 397 g/mol. The van der Waals surface area contributed by atoms with Gasteiger partial charge in [-0.3, -0.25) is 4.79 Å². The van der Waals surface area contributed by atoms with Crippen LogP contribution in [0.5, 0.6) is 17.4 Å². The summed E-state index contributed by atoms with van der Waals surface area (Å²) in [5.74, 6) is 0.909. The molecule has 8 heteroatoms. The van der Waals surface area contributed by atoms with Gasteiger partial charge in [-0.1, -0.05) is 18.2 Å². The number of carbonyl (C=O) groups excluding carboxylic acids is 1. The highest BCUT2D eigenvalue weighted by molar-refractivity contribution is 5.94. The summed E-state index contributed by atoms with van der Waals surface area (Å²) in [4.78, 5) is 16.3. The lowest BCUT2D eigenvalue weighted by atomic mass is 10.00. The van der Waals surface area contributed by atoms with Crippen molar-refractivity contribution in [2.45, 2.75) is 18.6 Å². The fourth-order valence-corrected chi connectivity index (χ4v) is 3.14. The van der Waals surface area contributed by atoms with Gasteiger partial charge in [0.2, 0.25) is 5.88 Å². The standard InChI is InChI=1S/C22H17F3N2O3/c23-22(24,25)15-7-10-20(26-13-15)30-16-8-5-14(6-9-16)21(28)27-18-11-12-29-19-4-2-1-3-17(18)19/h1-10,13,18H,11-12H2,(H,27,28). The molecule has 5 nitrogen and oxygen atoms in total. The molecule has 1 unspecified atom stereocenters. The van der Waals surface area contributed by atoms with Gasteiger partial charge in [0.1, 0.15) is 11.5 Å². The average Bonchev–Trinajstić information content (AvgIpc) is 2.74. The molecule has 3 aromatic rings. The van der Waals surface area contributed by atoms with Crippen molar-refractivity contribution in [1.29, 1.82) is 0 Å². The van der Waals surface area contributed by atoms with Gasteiger partial charge in [-0.2, -0.15) is 13.2 Å². The van der Waals surface area contributed by atoms with Gasteiger partial charge in [0, 0.05) is 29.8 Å². The van der Waals surface area contributed by atoms with Gasteiger partial charge in [-0.15, -0.1) is 0 Å². The van der Waals surface area contributed by atoms with Crippen molar-refractivity contribution in [3.63, 3.8) is 0 Å². The number of para-hydroxylation sites is 1. The van der Waals surface area contributed by atoms with E-state index in [0.29, 0.717) is 30.5 Å². The number of hydrogen-bond acceptors (Lipinski definition) is 4. The fourth-order valence-electron chi connectivity index (χ4n) is 3.14. The Labute approximate surface area is 170 Å². The Kier molecular flexibility index (Phi) is 5.31. The smallest absolute Gasteiger partial charge is 0.417 e. The van der Waals surface area contributed by atoms with E-state index in [1.165, 1.54) is 0 Å². The third-order valence-electron chi connectivity index (χ3n) is 4.67. The zero-order valence-corrected chi connectivity index (χ0v) is 15.6. The Bertz CT molecular complexity index is 1030. The molecule has 1 aliphatic rings. The number of nitrogens with zero attached hydrogens (tertiary/aromatic N) is 1. The highest BCUT2D eigenvalue weighted by Gasteiger charge is 2.30. The van der Waals surface area contributed by atoms with Crippen molar-refractivity contribution in [2.24, 2.45) is 0 Å². The third-order valence-corrected chi connectivity index (χ3v) is 4.67. The number of carbonyl (C=O) groups is 1. The maximum atomic E-state index is 12.6. The number of pyridine rings is 1. The third kappa shape index (κ3) is 4.37. The number of aromatic nitrogens is 1. The maximum absolute atomic E-state index is 12.6. The summed E-state index contributed by atoms with van der Waals surface area (Å²) < 4.78 is 48.8. The van der Waals surface area contributed by atoms with E-state index >= 15 is 0 Å². The molecule has 1 N–H and O–H groups in total. The first-order chi connectivity index (χ1) is 14.4. The SMILES string of the molecule is O=C(NC1CCOc2ccccc21)c1ccc(Oc2ccc(C(F)(F)F)cn2)cc1. The topological polar surface area (TPSA) is 60.5 Å². The van der Waals surface area contributed by atoms with Crippen molar-refractivity contribution in [1.82, 2.24) is 10.3 Å². The lowest BCUT2D eigenvalue weighted by Crippen LogP contribution is -2.32. The van der Waals surface area contributed by atoms with Crippen LogP contribution in [0, 0.1) is 0 Å². The molecule has 0 spiro atoms. The van der Waals surface area contributed by atoms with Gasteiger partial charge in [0.05, 0.1) is 18.2 Å². The normalized spacial score (nSPS) is 15.6. The van der Waals surface area contributed by atoms with Crippen molar-refractivity contribution in [3.05, 3.63) is 83.6 Å². The van der Waals surface area contributed by atoms with Crippen molar-refractivity contribution in [2.75, 3.05) is 6.61 Å². The molecule has 0 saturated heterocycles. The first kappa shape index (κ1) is 19.8. The van der Waals surface area contributed by atoms with E-state index in [2.05, 4.69) is 10.3 Å². The summed E-state index contributed by atoms with van der Waals surface area (Å²) in [5.41, 5.74) is 0.522. The van der Waals surface area contributed by atoms with Gasteiger partial charge in [-0.05, 0) is 36.4 Å². The minimum atomic E-state index is -4.45. The monoisotopic (exact) mass is 414 g/mol. The molecule has 1 amide bonds.